The van der Waals surface area contributed by atoms with Crippen LogP contribution in [-0.4, -0.2) is 20.3 Å². The Morgan fingerprint density at radius 1 is 0.838 bits per heavy atom. The first-order valence-electron chi connectivity index (χ1n) is 11.1. The second-order valence-electron chi connectivity index (χ2n) is 8.62. The molecule has 0 heterocycles. The molecule has 37 heavy (non-hydrogen) atoms. The third kappa shape index (κ3) is 6.44. The van der Waals surface area contributed by atoms with Crippen molar-refractivity contribution in [1.29, 1.82) is 0 Å². The minimum absolute atomic E-state index is 0.0286. The molecule has 0 N–H and O–H groups in total. The molecule has 0 bridgehead atoms. The van der Waals surface area contributed by atoms with E-state index in [4.69, 9.17) is 0 Å². The average Bonchev–Trinajstić information content (AvgIpc) is 2.78. The maximum absolute atomic E-state index is 15.1. The van der Waals surface area contributed by atoms with Gasteiger partial charge in [0, 0.05) is 11.1 Å². The molecule has 0 aliphatic heterocycles. The maximum Gasteiger partial charge on any atom is 0.573 e. The van der Waals surface area contributed by atoms with E-state index >= 15 is 8.78 Å². The summed E-state index contributed by atoms with van der Waals surface area (Å²) in [5, 5.41) is 0. The summed E-state index contributed by atoms with van der Waals surface area (Å²) in [5.41, 5.74) is -8.14. The van der Waals surface area contributed by atoms with Crippen molar-refractivity contribution < 1.29 is 56.9 Å². The first-order chi connectivity index (χ1) is 17.1. The Bertz CT molecular complexity index is 1230. The van der Waals surface area contributed by atoms with Crippen LogP contribution in [0, 0.1) is 23.4 Å². The highest BCUT2D eigenvalue weighted by molar-refractivity contribution is 7.88. The normalized spacial score (nSPS) is 19.1. The molecule has 4 nitrogen and oxygen atoms in total. The lowest BCUT2D eigenvalue weighted by molar-refractivity contribution is -0.275. The van der Waals surface area contributed by atoms with Crippen molar-refractivity contribution in [2.75, 3.05) is 0 Å². The van der Waals surface area contributed by atoms with Crippen LogP contribution in [0.5, 0.6) is 11.5 Å². The summed E-state index contributed by atoms with van der Waals surface area (Å²) in [6.07, 6.45) is -0.886. The maximum atomic E-state index is 15.1. The van der Waals surface area contributed by atoms with Crippen LogP contribution in [0.15, 0.2) is 24.3 Å². The molecule has 2 aromatic carbocycles. The van der Waals surface area contributed by atoms with Crippen LogP contribution in [0.2, 0.25) is 0 Å². The van der Waals surface area contributed by atoms with E-state index in [9.17, 15) is 39.2 Å². The number of hydrogen-bond acceptors (Lipinski definition) is 4. The molecule has 3 rings (SSSR count). The van der Waals surface area contributed by atoms with Gasteiger partial charge < -0.3 is 8.92 Å². The minimum Gasteiger partial charge on any atom is -0.402 e. The first kappa shape index (κ1) is 28.9. The van der Waals surface area contributed by atoms with Crippen LogP contribution in [0.3, 0.4) is 0 Å². The number of rotatable bonds is 7. The Labute approximate surface area is 206 Å². The summed E-state index contributed by atoms with van der Waals surface area (Å²) < 4.78 is 151. The largest absolute Gasteiger partial charge is 0.573 e. The summed E-state index contributed by atoms with van der Waals surface area (Å²) in [4.78, 5) is 0. The van der Waals surface area contributed by atoms with Gasteiger partial charge in [-0.15, -0.1) is 13.2 Å². The molecule has 1 aliphatic rings. The Morgan fingerprint density at radius 3 is 1.97 bits per heavy atom. The summed E-state index contributed by atoms with van der Waals surface area (Å²) in [5.74, 6) is -8.97. The van der Waals surface area contributed by atoms with Crippen molar-refractivity contribution in [3.05, 3.63) is 47.3 Å². The fourth-order valence-corrected chi connectivity index (χ4v) is 4.93. The molecule has 0 saturated heterocycles. The lowest BCUT2D eigenvalue weighted by Crippen LogP contribution is -2.28. The molecule has 0 radical (unpaired) electrons. The third-order valence-electron chi connectivity index (χ3n) is 6.15. The van der Waals surface area contributed by atoms with E-state index in [1.165, 1.54) is 0 Å². The SMILES string of the molecule is CCCC1CCC(c2ccc(-c3ccc(OC(F)(F)F)c(F)c3OS(=O)(=O)C(F)(F)F)c(F)c2F)CC1. The van der Waals surface area contributed by atoms with Crippen molar-refractivity contribution >= 4 is 10.1 Å². The number of alkyl halides is 6. The quantitative estimate of drug-likeness (QED) is 0.195. The van der Waals surface area contributed by atoms with Crippen molar-refractivity contribution in [3.63, 3.8) is 0 Å². The van der Waals surface area contributed by atoms with E-state index in [0.717, 1.165) is 37.8 Å². The van der Waals surface area contributed by atoms with Crippen LogP contribution in [0.1, 0.15) is 56.9 Å². The molecule has 1 aliphatic carbocycles. The predicted octanol–water partition coefficient (Wildman–Crippen LogP) is 7.97. The van der Waals surface area contributed by atoms with Gasteiger partial charge in [-0.05, 0) is 55.2 Å². The molecule has 0 aromatic heterocycles. The highest BCUT2D eigenvalue weighted by Crippen LogP contribution is 2.44. The highest BCUT2D eigenvalue weighted by Gasteiger charge is 2.49. The zero-order chi connectivity index (χ0) is 27.8. The van der Waals surface area contributed by atoms with Crippen molar-refractivity contribution in [3.8, 4) is 22.6 Å². The molecule has 14 heteroatoms. The van der Waals surface area contributed by atoms with Crippen LogP contribution >= 0.6 is 0 Å². The van der Waals surface area contributed by atoms with Crippen LogP contribution in [0.25, 0.3) is 11.1 Å². The topological polar surface area (TPSA) is 52.6 Å². The number of halogens is 9. The predicted molar refractivity (Wildman–Crippen MR) is 114 cm³/mol. The molecule has 206 valence electrons. The van der Waals surface area contributed by atoms with Gasteiger partial charge in [0.05, 0.1) is 0 Å². The fraction of sp³-hybridized carbons (Fsp3) is 0.478. The van der Waals surface area contributed by atoms with Crippen LogP contribution in [-0.2, 0) is 10.1 Å². The first-order valence-corrected chi connectivity index (χ1v) is 12.5. The molecule has 2 aromatic rings. The number of benzene rings is 2. The van der Waals surface area contributed by atoms with Crippen LogP contribution in [0.4, 0.5) is 39.5 Å². The van der Waals surface area contributed by atoms with E-state index < -0.39 is 62.1 Å². The van der Waals surface area contributed by atoms with Gasteiger partial charge >= 0.3 is 22.0 Å². The Kier molecular flexibility index (Phi) is 8.30. The van der Waals surface area contributed by atoms with Crippen molar-refractivity contribution in [2.45, 2.75) is 63.2 Å². The molecule has 1 saturated carbocycles. The van der Waals surface area contributed by atoms with Gasteiger partial charge in [-0.1, -0.05) is 31.9 Å². The summed E-state index contributed by atoms with van der Waals surface area (Å²) >= 11 is 0. The smallest absolute Gasteiger partial charge is 0.402 e. The highest BCUT2D eigenvalue weighted by atomic mass is 32.2. The van der Waals surface area contributed by atoms with Gasteiger partial charge in [0.25, 0.3) is 0 Å². The number of hydrogen-bond donors (Lipinski definition) is 0. The zero-order valence-corrected chi connectivity index (χ0v) is 20.0. The lowest BCUT2D eigenvalue weighted by atomic mass is 9.77. The van der Waals surface area contributed by atoms with Gasteiger partial charge in [-0.25, -0.2) is 8.78 Å². The Balaban J connectivity index is 2.08. The second kappa shape index (κ2) is 10.6. The van der Waals surface area contributed by atoms with E-state index in [0.29, 0.717) is 24.8 Å². The molecule has 0 spiro atoms. The van der Waals surface area contributed by atoms with Crippen molar-refractivity contribution in [1.82, 2.24) is 0 Å². The fourth-order valence-electron chi connectivity index (χ4n) is 4.45. The average molecular weight is 564 g/mol. The second-order valence-corrected chi connectivity index (χ2v) is 10.2. The van der Waals surface area contributed by atoms with Crippen molar-refractivity contribution in [2.24, 2.45) is 5.92 Å². The summed E-state index contributed by atoms with van der Waals surface area (Å²) in [6.45, 7) is 2.03. The number of ether oxygens (including phenoxy) is 1. The molecule has 0 unspecified atom stereocenters. The minimum atomic E-state index is -6.62. The third-order valence-corrected chi connectivity index (χ3v) is 7.10. The van der Waals surface area contributed by atoms with E-state index in [1.54, 1.807) is 0 Å². The van der Waals surface area contributed by atoms with E-state index in [-0.39, 0.29) is 17.5 Å². The van der Waals surface area contributed by atoms with Gasteiger partial charge in [-0.3, -0.25) is 0 Å². The standard InChI is InChI=1S/C23H21F9O4S/c1-2-3-12-4-6-13(7-5-12)14-8-9-15(19(25)18(14)24)16-10-11-17(35-22(27,28)29)20(26)21(16)36-37(33,34)23(30,31)32/h8-13H,2-7H2,1H3. The monoisotopic (exact) mass is 564 g/mol. The lowest BCUT2D eigenvalue weighted by Gasteiger charge is -2.29. The summed E-state index contributed by atoms with van der Waals surface area (Å²) in [7, 11) is -6.62. The Hall–Kier alpha value is -2.64. The van der Waals surface area contributed by atoms with Gasteiger partial charge in [-0.2, -0.15) is 26.0 Å². The van der Waals surface area contributed by atoms with E-state index in [1.807, 2.05) is 6.92 Å². The van der Waals surface area contributed by atoms with Gasteiger partial charge in [0.15, 0.2) is 23.1 Å². The van der Waals surface area contributed by atoms with Crippen LogP contribution < -0.4 is 8.92 Å². The molecule has 0 amide bonds. The molecular formula is C23H21F9O4S. The zero-order valence-electron chi connectivity index (χ0n) is 19.1. The van der Waals surface area contributed by atoms with E-state index in [2.05, 4.69) is 8.92 Å². The molecular weight excluding hydrogens is 543 g/mol. The van der Waals surface area contributed by atoms with Gasteiger partial charge in [0.1, 0.15) is 0 Å². The molecule has 1 fully saturated rings. The molecule has 0 atom stereocenters. The van der Waals surface area contributed by atoms with Gasteiger partial charge in [0.2, 0.25) is 5.82 Å². The Morgan fingerprint density at radius 2 is 1.43 bits per heavy atom. The summed E-state index contributed by atoms with van der Waals surface area (Å²) in [6, 6.07) is 2.70.